The third-order valence-corrected chi connectivity index (χ3v) is 8.04. The quantitative estimate of drug-likeness (QED) is 0.392. The van der Waals surface area contributed by atoms with Gasteiger partial charge in [0.05, 0.1) is 33.7 Å². The Labute approximate surface area is 197 Å². The maximum Gasteiger partial charge on any atom is 0.194 e. The summed E-state index contributed by atoms with van der Waals surface area (Å²) in [5.41, 5.74) is 3.27. The van der Waals surface area contributed by atoms with Crippen LogP contribution in [0.1, 0.15) is 55.6 Å². The number of para-hydroxylation sites is 1. The molecule has 0 radical (unpaired) electrons. The summed E-state index contributed by atoms with van der Waals surface area (Å²) in [5, 5.41) is 5.46. The van der Waals surface area contributed by atoms with Crippen LogP contribution in [0.15, 0.2) is 67.0 Å². The van der Waals surface area contributed by atoms with E-state index in [1.807, 2.05) is 18.3 Å². The van der Waals surface area contributed by atoms with Crippen LogP contribution in [-0.4, -0.2) is 30.6 Å². The minimum Gasteiger partial charge on any atom is -0.352 e. The van der Waals surface area contributed by atoms with Crippen molar-refractivity contribution in [3.05, 3.63) is 78.4 Å². The van der Waals surface area contributed by atoms with Gasteiger partial charge in [0.2, 0.25) is 0 Å². The predicted octanol–water partition coefficient (Wildman–Crippen LogP) is 5.79. The second-order valence-corrected chi connectivity index (χ2v) is 9.99. The molecule has 0 spiro atoms. The van der Waals surface area contributed by atoms with Crippen LogP contribution in [0, 0.1) is 0 Å². The Hall–Kier alpha value is -2.77. The molecular formula is C25H25N5S2. The number of nitrogens with one attached hydrogen (secondary N) is 1. The van der Waals surface area contributed by atoms with E-state index >= 15 is 0 Å². The Bertz CT molecular complexity index is 1210. The third kappa shape index (κ3) is 3.40. The molecule has 32 heavy (non-hydrogen) atoms. The molecule has 1 saturated heterocycles. The first-order valence-corrected chi connectivity index (χ1v) is 12.5. The molecule has 5 nitrogen and oxygen atoms in total. The molecule has 2 atom stereocenters. The van der Waals surface area contributed by atoms with Gasteiger partial charge >= 0.3 is 0 Å². The first-order chi connectivity index (χ1) is 15.8. The van der Waals surface area contributed by atoms with Crippen molar-refractivity contribution in [1.82, 2.24) is 24.8 Å². The van der Waals surface area contributed by atoms with E-state index in [0.29, 0.717) is 6.04 Å². The molecule has 4 aromatic rings. The van der Waals surface area contributed by atoms with Gasteiger partial charge in [-0.2, -0.15) is 0 Å². The Kier molecular flexibility index (Phi) is 5.15. The predicted molar refractivity (Wildman–Crippen MR) is 133 cm³/mol. The fourth-order valence-corrected chi connectivity index (χ4v) is 6.57. The molecular weight excluding hydrogens is 434 g/mol. The lowest BCUT2D eigenvalue weighted by atomic mass is 9.92. The Morgan fingerprint density at radius 1 is 0.969 bits per heavy atom. The zero-order valence-electron chi connectivity index (χ0n) is 17.7. The number of hydrogen-bond acceptors (Lipinski definition) is 4. The first kappa shape index (κ1) is 19.9. The smallest absolute Gasteiger partial charge is 0.194 e. The monoisotopic (exact) mass is 459 g/mol. The van der Waals surface area contributed by atoms with Crippen molar-refractivity contribution in [1.29, 1.82) is 0 Å². The summed E-state index contributed by atoms with van der Waals surface area (Å²) in [5.74, 6) is 0. The van der Waals surface area contributed by atoms with Crippen molar-refractivity contribution < 1.29 is 0 Å². The zero-order valence-corrected chi connectivity index (χ0v) is 19.4. The van der Waals surface area contributed by atoms with E-state index < -0.39 is 0 Å². The Morgan fingerprint density at radius 3 is 2.62 bits per heavy atom. The average Bonchev–Trinajstić information content (AvgIpc) is 3.56. The number of rotatable bonds is 4. The minimum atomic E-state index is 0.00801. The average molecular weight is 460 g/mol. The molecule has 1 aliphatic heterocycles. The highest BCUT2D eigenvalue weighted by molar-refractivity contribution is 7.80. The molecule has 1 N–H and O–H groups in total. The summed E-state index contributed by atoms with van der Waals surface area (Å²) < 4.78 is 3.45. The maximum atomic E-state index is 5.93. The SMILES string of the molecule is S=C1N[C@H](c2ccccn2)[C@H](c2cccn2-c2nc3ccccc3s2)N1C1CCCCC1. The largest absolute Gasteiger partial charge is 0.352 e. The topological polar surface area (TPSA) is 46.0 Å². The van der Waals surface area contributed by atoms with Crippen LogP contribution in [-0.2, 0) is 0 Å². The zero-order chi connectivity index (χ0) is 21.5. The van der Waals surface area contributed by atoms with Gasteiger partial charge < -0.3 is 10.2 Å². The van der Waals surface area contributed by atoms with Gasteiger partial charge in [0.1, 0.15) is 0 Å². The van der Waals surface area contributed by atoms with E-state index in [4.69, 9.17) is 22.2 Å². The van der Waals surface area contributed by atoms with E-state index in [2.05, 4.69) is 63.4 Å². The van der Waals surface area contributed by atoms with E-state index in [0.717, 1.165) is 21.5 Å². The fraction of sp³-hybridized carbons (Fsp3) is 0.320. The van der Waals surface area contributed by atoms with Gasteiger partial charge in [-0.1, -0.05) is 48.8 Å². The number of fused-ring (bicyclic) bond motifs is 1. The number of benzene rings is 1. The second-order valence-electron chi connectivity index (χ2n) is 8.59. The summed E-state index contributed by atoms with van der Waals surface area (Å²) >= 11 is 7.65. The third-order valence-electron chi connectivity index (χ3n) is 6.68. The molecule has 0 unspecified atom stereocenters. The molecule has 1 aliphatic carbocycles. The highest BCUT2D eigenvalue weighted by Gasteiger charge is 2.44. The van der Waals surface area contributed by atoms with Crippen molar-refractivity contribution in [2.24, 2.45) is 0 Å². The van der Waals surface area contributed by atoms with Crippen molar-refractivity contribution in [3.63, 3.8) is 0 Å². The number of pyridine rings is 1. The molecule has 7 heteroatoms. The van der Waals surface area contributed by atoms with Crippen molar-refractivity contribution in [2.75, 3.05) is 0 Å². The van der Waals surface area contributed by atoms with Gasteiger partial charge in [-0.3, -0.25) is 9.55 Å². The molecule has 1 saturated carbocycles. The summed E-state index contributed by atoms with van der Waals surface area (Å²) in [6.45, 7) is 0. The van der Waals surface area contributed by atoms with Gasteiger partial charge in [0, 0.05) is 18.4 Å². The number of thiazole rings is 1. The maximum absolute atomic E-state index is 5.93. The lowest BCUT2D eigenvalue weighted by molar-refractivity contribution is 0.193. The fourth-order valence-electron chi connectivity index (χ4n) is 5.21. The molecule has 4 heterocycles. The Morgan fingerprint density at radius 2 is 1.81 bits per heavy atom. The van der Waals surface area contributed by atoms with Crippen LogP contribution in [0.4, 0.5) is 0 Å². The van der Waals surface area contributed by atoms with E-state index in [1.165, 1.54) is 42.5 Å². The van der Waals surface area contributed by atoms with Crippen LogP contribution < -0.4 is 5.32 Å². The summed E-state index contributed by atoms with van der Waals surface area (Å²) in [4.78, 5) is 12.1. The van der Waals surface area contributed by atoms with E-state index in [-0.39, 0.29) is 12.1 Å². The molecule has 162 valence electrons. The van der Waals surface area contributed by atoms with Gasteiger partial charge in [-0.25, -0.2) is 4.98 Å². The molecule has 3 aromatic heterocycles. The van der Waals surface area contributed by atoms with Crippen LogP contribution in [0.5, 0.6) is 0 Å². The second kappa shape index (κ2) is 8.30. The Balaban J connectivity index is 1.47. The molecule has 1 aromatic carbocycles. The minimum absolute atomic E-state index is 0.00801. The standard InChI is InChI=1S/C25H25N5S2/c31-24-28-22(19-12-6-7-15-26-19)23(30(24)17-9-2-1-3-10-17)20-13-8-16-29(20)25-27-18-11-4-5-14-21(18)32-25/h4-8,11-17,22-23H,1-3,9-10H2,(H,28,31)/t22-,23+/m1/s1. The van der Waals surface area contributed by atoms with E-state index in [9.17, 15) is 0 Å². The number of hydrogen-bond donors (Lipinski definition) is 1. The van der Waals surface area contributed by atoms with Gasteiger partial charge in [-0.15, -0.1) is 0 Å². The molecule has 0 bridgehead atoms. The normalized spacial score (nSPS) is 21.9. The van der Waals surface area contributed by atoms with Crippen LogP contribution in [0.2, 0.25) is 0 Å². The van der Waals surface area contributed by atoms with Gasteiger partial charge in [0.15, 0.2) is 10.2 Å². The van der Waals surface area contributed by atoms with Crippen LogP contribution in [0.25, 0.3) is 15.3 Å². The van der Waals surface area contributed by atoms with Crippen molar-refractivity contribution >= 4 is 38.9 Å². The number of thiocarbonyl (C=S) groups is 1. The van der Waals surface area contributed by atoms with Gasteiger partial charge in [-0.05, 0) is 61.5 Å². The van der Waals surface area contributed by atoms with E-state index in [1.54, 1.807) is 11.3 Å². The van der Waals surface area contributed by atoms with Crippen LogP contribution >= 0.6 is 23.6 Å². The summed E-state index contributed by atoms with van der Waals surface area (Å²) in [6, 6.07) is 19.3. The lowest BCUT2D eigenvalue weighted by Crippen LogP contribution is -2.40. The molecule has 6 rings (SSSR count). The van der Waals surface area contributed by atoms with Gasteiger partial charge in [0.25, 0.3) is 0 Å². The molecule has 2 aliphatic rings. The van der Waals surface area contributed by atoms with Crippen molar-refractivity contribution in [3.8, 4) is 5.13 Å². The van der Waals surface area contributed by atoms with Crippen molar-refractivity contribution in [2.45, 2.75) is 50.2 Å². The molecule has 0 amide bonds. The lowest BCUT2D eigenvalue weighted by Gasteiger charge is -2.37. The molecule has 2 fully saturated rings. The highest BCUT2D eigenvalue weighted by atomic mass is 32.1. The number of nitrogens with zero attached hydrogens (tertiary/aromatic N) is 4. The van der Waals surface area contributed by atoms with Crippen LogP contribution in [0.3, 0.4) is 0 Å². The number of aromatic nitrogens is 3. The summed E-state index contributed by atoms with van der Waals surface area (Å²) in [7, 11) is 0. The first-order valence-electron chi connectivity index (χ1n) is 11.3. The highest BCUT2D eigenvalue weighted by Crippen LogP contribution is 2.43. The summed E-state index contributed by atoms with van der Waals surface area (Å²) in [6.07, 6.45) is 10.2.